The summed E-state index contributed by atoms with van der Waals surface area (Å²) < 4.78 is 9.54. The Bertz CT molecular complexity index is 656. The SMILES string of the molecule is C=C(CCC(=O)OC(=O)COc1cc(Cl)c(Cl)cc1Cl)C(=O)O. The smallest absolute Gasteiger partial charge is 0.351 e. The van der Waals surface area contributed by atoms with Gasteiger partial charge in [0.2, 0.25) is 0 Å². The van der Waals surface area contributed by atoms with Gasteiger partial charge in [-0.25, -0.2) is 9.59 Å². The quantitative estimate of drug-likeness (QED) is 0.336. The fraction of sp³-hybridized carbons (Fsp3) is 0.214. The van der Waals surface area contributed by atoms with Gasteiger partial charge in [-0.3, -0.25) is 4.79 Å². The second kappa shape index (κ2) is 8.76. The maximum absolute atomic E-state index is 11.5. The van der Waals surface area contributed by atoms with Crippen molar-refractivity contribution >= 4 is 52.7 Å². The lowest BCUT2D eigenvalue weighted by Crippen LogP contribution is -2.19. The van der Waals surface area contributed by atoms with Crippen molar-refractivity contribution in [1.82, 2.24) is 0 Å². The third-order valence-electron chi connectivity index (χ3n) is 2.48. The van der Waals surface area contributed by atoms with E-state index in [-0.39, 0.29) is 39.2 Å². The van der Waals surface area contributed by atoms with Crippen LogP contribution in [-0.4, -0.2) is 29.6 Å². The maximum Gasteiger partial charge on any atom is 0.351 e. The molecule has 0 fully saturated rings. The van der Waals surface area contributed by atoms with Gasteiger partial charge in [0.05, 0.1) is 21.5 Å². The normalized spacial score (nSPS) is 10.0. The molecule has 0 bridgehead atoms. The molecule has 9 heteroatoms. The number of esters is 2. The second-order valence-electron chi connectivity index (χ2n) is 4.24. The van der Waals surface area contributed by atoms with Crippen molar-refractivity contribution in [2.24, 2.45) is 0 Å². The summed E-state index contributed by atoms with van der Waals surface area (Å²) >= 11 is 17.4. The first kappa shape index (κ1) is 19.3. The average molecular weight is 382 g/mol. The summed E-state index contributed by atoms with van der Waals surface area (Å²) in [5.41, 5.74) is -0.159. The van der Waals surface area contributed by atoms with Gasteiger partial charge < -0.3 is 14.6 Å². The molecule has 0 amide bonds. The number of carboxylic acid groups (broad SMARTS) is 1. The highest BCUT2D eigenvalue weighted by Gasteiger charge is 2.15. The van der Waals surface area contributed by atoms with Crippen LogP contribution in [0.4, 0.5) is 0 Å². The van der Waals surface area contributed by atoms with Gasteiger partial charge in [0.1, 0.15) is 5.75 Å². The van der Waals surface area contributed by atoms with Gasteiger partial charge in [-0.1, -0.05) is 41.4 Å². The summed E-state index contributed by atoms with van der Waals surface area (Å²) in [6, 6.07) is 2.66. The van der Waals surface area contributed by atoms with E-state index in [0.717, 1.165) is 0 Å². The van der Waals surface area contributed by atoms with E-state index in [9.17, 15) is 14.4 Å². The highest BCUT2D eigenvalue weighted by atomic mass is 35.5. The number of hydrogen-bond acceptors (Lipinski definition) is 5. The Hall–Kier alpha value is -1.76. The first-order chi connectivity index (χ1) is 10.7. The maximum atomic E-state index is 11.5. The second-order valence-corrected chi connectivity index (χ2v) is 5.46. The molecule has 0 heterocycles. The number of benzene rings is 1. The molecule has 0 aromatic heterocycles. The van der Waals surface area contributed by atoms with Crippen LogP contribution in [0.15, 0.2) is 24.3 Å². The first-order valence-corrected chi connectivity index (χ1v) is 7.26. The third kappa shape index (κ3) is 6.48. The summed E-state index contributed by atoms with van der Waals surface area (Å²) in [7, 11) is 0. The van der Waals surface area contributed by atoms with Crippen molar-refractivity contribution in [1.29, 1.82) is 0 Å². The number of carboxylic acids is 1. The molecule has 1 aromatic carbocycles. The van der Waals surface area contributed by atoms with Crippen molar-refractivity contribution in [3.8, 4) is 5.75 Å². The number of carbonyl (C=O) groups is 3. The summed E-state index contributed by atoms with van der Waals surface area (Å²) in [5, 5.41) is 9.12. The zero-order valence-corrected chi connectivity index (χ0v) is 13.9. The molecule has 0 aliphatic carbocycles. The summed E-state index contributed by atoms with van der Waals surface area (Å²) in [4.78, 5) is 33.3. The number of halogens is 3. The molecule has 124 valence electrons. The number of ether oxygens (including phenoxy) is 2. The van der Waals surface area contributed by atoms with E-state index in [1.807, 2.05) is 0 Å². The zero-order chi connectivity index (χ0) is 17.6. The van der Waals surface area contributed by atoms with E-state index < -0.39 is 24.5 Å². The Morgan fingerprint density at radius 1 is 1.00 bits per heavy atom. The van der Waals surface area contributed by atoms with Crippen molar-refractivity contribution in [3.05, 3.63) is 39.4 Å². The lowest BCUT2D eigenvalue weighted by atomic mass is 10.2. The van der Waals surface area contributed by atoms with E-state index in [1.165, 1.54) is 12.1 Å². The molecule has 0 saturated heterocycles. The number of rotatable bonds is 7. The van der Waals surface area contributed by atoms with Gasteiger partial charge >= 0.3 is 17.9 Å². The van der Waals surface area contributed by atoms with Crippen LogP contribution in [0, 0.1) is 0 Å². The van der Waals surface area contributed by atoms with Gasteiger partial charge in [0.15, 0.2) is 6.61 Å². The van der Waals surface area contributed by atoms with Crippen LogP contribution in [0.25, 0.3) is 0 Å². The minimum atomic E-state index is -1.22. The van der Waals surface area contributed by atoms with Crippen LogP contribution >= 0.6 is 34.8 Å². The van der Waals surface area contributed by atoms with Gasteiger partial charge in [-0.15, -0.1) is 0 Å². The van der Waals surface area contributed by atoms with Crippen molar-refractivity contribution in [2.45, 2.75) is 12.8 Å². The molecule has 0 spiro atoms. The number of aliphatic carboxylic acids is 1. The molecule has 0 saturated carbocycles. The predicted octanol–water partition coefficient (Wildman–Crippen LogP) is 3.52. The van der Waals surface area contributed by atoms with E-state index >= 15 is 0 Å². The van der Waals surface area contributed by atoms with Crippen molar-refractivity contribution in [3.63, 3.8) is 0 Å². The molecule has 1 aromatic rings. The fourth-order valence-electron chi connectivity index (χ4n) is 1.32. The number of hydrogen-bond donors (Lipinski definition) is 1. The highest BCUT2D eigenvalue weighted by molar-refractivity contribution is 6.43. The summed E-state index contributed by atoms with van der Waals surface area (Å²) in [5.74, 6) is -2.97. The van der Waals surface area contributed by atoms with Gasteiger partial charge in [0.25, 0.3) is 0 Å². The Morgan fingerprint density at radius 2 is 1.61 bits per heavy atom. The monoisotopic (exact) mass is 380 g/mol. The van der Waals surface area contributed by atoms with E-state index in [0.29, 0.717) is 0 Å². The fourth-order valence-corrected chi connectivity index (χ4v) is 1.91. The molecule has 0 aliphatic heterocycles. The Morgan fingerprint density at radius 3 is 2.22 bits per heavy atom. The largest absolute Gasteiger partial charge is 0.480 e. The molecular formula is C14H11Cl3O6. The van der Waals surface area contributed by atoms with Crippen LogP contribution < -0.4 is 4.74 Å². The molecule has 0 radical (unpaired) electrons. The van der Waals surface area contributed by atoms with Crippen LogP contribution in [0.3, 0.4) is 0 Å². The Balaban J connectivity index is 2.45. The summed E-state index contributed by atoms with van der Waals surface area (Å²) in [6.45, 7) is 2.67. The lowest BCUT2D eigenvalue weighted by molar-refractivity contribution is -0.161. The Labute approximate surface area is 146 Å². The van der Waals surface area contributed by atoms with Crippen molar-refractivity contribution in [2.75, 3.05) is 6.61 Å². The highest BCUT2D eigenvalue weighted by Crippen LogP contribution is 2.33. The minimum absolute atomic E-state index is 0.102. The molecule has 0 aliphatic rings. The Kier molecular flexibility index (Phi) is 7.35. The minimum Gasteiger partial charge on any atom is -0.480 e. The van der Waals surface area contributed by atoms with E-state index in [1.54, 1.807) is 0 Å². The number of carbonyl (C=O) groups excluding carboxylic acids is 2. The molecule has 6 nitrogen and oxygen atoms in total. The molecule has 23 heavy (non-hydrogen) atoms. The van der Waals surface area contributed by atoms with Gasteiger partial charge in [-0.05, 0) is 12.5 Å². The predicted molar refractivity (Wildman–Crippen MR) is 84.1 cm³/mol. The molecule has 0 atom stereocenters. The van der Waals surface area contributed by atoms with Crippen LogP contribution in [0.2, 0.25) is 15.1 Å². The lowest BCUT2D eigenvalue weighted by Gasteiger charge is -2.08. The van der Waals surface area contributed by atoms with Crippen molar-refractivity contribution < 1.29 is 29.0 Å². The molecule has 1 rings (SSSR count). The van der Waals surface area contributed by atoms with E-state index in [4.69, 9.17) is 44.6 Å². The standard InChI is InChI=1S/C14H11Cl3O6/c1-7(14(20)21)2-3-12(18)23-13(19)6-22-11-5-9(16)8(15)4-10(11)17/h4-5H,1-3,6H2,(H,20,21). The molecule has 0 unspecified atom stereocenters. The van der Waals surface area contributed by atoms with Gasteiger partial charge in [-0.2, -0.15) is 0 Å². The summed E-state index contributed by atoms with van der Waals surface area (Å²) in [6.07, 6.45) is -0.411. The molecule has 1 N–H and O–H groups in total. The van der Waals surface area contributed by atoms with Crippen LogP contribution in [0.5, 0.6) is 5.75 Å². The first-order valence-electron chi connectivity index (χ1n) is 6.12. The average Bonchev–Trinajstić information content (AvgIpc) is 2.46. The van der Waals surface area contributed by atoms with Gasteiger partial charge in [0, 0.05) is 11.6 Å². The third-order valence-corrected chi connectivity index (χ3v) is 3.50. The topological polar surface area (TPSA) is 89.9 Å². The zero-order valence-electron chi connectivity index (χ0n) is 11.6. The van der Waals surface area contributed by atoms with Crippen LogP contribution in [-0.2, 0) is 19.1 Å². The molecular weight excluding hydrogens is 371 g/mol. The van der Waals surface area contributed by atoms with Crippen LogP contribution in [0.1, 0.15) is 12.8 Å². The van der Waals surface area contributed by atoms with E-state index in [2.05, 4.69) is 11.3 Å².